The third-order valence-electron chi connectivity index (χ3n) is 3.44. The van der Waals surface area contributed by atoms with Crippen molar-refractivity contribution < 1.29 is 8.42 Å². The van der Waals surface area contributed by atoms with Crippen molar-refractivity contribution in [2.24, 2.45) is 0 Å². The standard InChI is InChI=1S/C14H34N4O2S/c1-6-18(7-2)13-9-11-16-21(19,20)17(5)12-8-10-15-14(3)4/h14-16H,6-13H2,1-5H3. The summed E-state index contributed by atoms with van der Waals surface area (Å²) >= 11 is 0. The van der Waals surface area contributed by atoms with Gasteiger partial charge in [-0.15, -0.1) is 0 Å². The molecule has 7 heteroatoms. The highest BCUT2D eigenvalue weighted by Gasteiger charge is 2.16. The first-order valence-electron chi connectivity index (χ1n) is 8.00. The molecule has 0 unspecified atom stereocenters. The van der Waals surface area contributed by atoms with Crippen molar-refractivity contribution in [2.75, 3.05) is 46.3 Å². The van der Waals surface area contributed by atoms with Gasteiger partial charge < -0.3 is 10.2 Å². The lowest BCUT2D eigenvalue weighted by molar-refractivity contribution is 0.300. The van der Waals surface area contributed by atoms with Gasteiger partial charge in [0.25, 0.3) is 10.2 Å². The Hall–Kier alpha value is -0.210. The van der Waals surface area contributed by atoms with Gasteiger partial charge in [0.15, 0.2) is 0 Å². The summed E-state index contributed by atoms with van der Waals surface area (Å²) in [6.07, 6.45) is 1.65. The lowest BCUT2D eigenvalue weighted by atomic mass is 10.3. The molecule has 0 bridgehead atoms. The molecule has 0 aromatic carbocycles. The number of hydrogen-bond acceptors (Lipinski definition) is 4. The Labute approximate surface area is 131 Å². The normalized spacial score (nSPS) is 12.8. The summed E-state index contributed by atoms with van der Waals surface area (Å²) in [4.78, 5) is 2.29. The molecule has 0 rings (SSSR count). The second-order valence-corrected chi connectivity index (χ2v) is 7.43. The summed E-state index contributed by atoms with van der Waals surface area (Å²) in [5, 5.41) is 3.28. The van der Waals surface area contributed by atoms with Crippen molar-refractivity contribution in [3.63, 3.8) is 0 Å². The molecule has 0 heterocycles. The second kappa shape index (κ2) is 11.4. The second-order valence-electron chi connectivity index (χ2n) is 5.56. The van der Waals surface area contributed by atoms with Crippen molar-refractivity contribution in [2.45, 2.75) is 46.6 Å². The van der Waals surface area contributed by atoms with Gasteiger partial charge in [-0.2, -0.15) is 12.7 Å². The molecule has 0 aromatic heterocycles. The van der Waals surface area contributed by atoms with Gasteiger partial charge in [-0.1, -0.05) is 27.7 Å². The van der Waals surface area contributed by atoms with Gasteiger partial charge in [0.05, 0.1) is 0 Å². The molecule has 0 radical (unpaired) electrons. The smallest absolute Gasteiger partial charge is 0.279 e. The molecule has 0 amide bonds. The predicted molar refractivity (Wildman–Crippen MR) is 89.7 cm³/mol. The monoisotopic (exact) mass is 322 g/mol. The van der Waals surface area contributed by atoms with Gasteiger partial charge in [-0.3, -0.25) is 0 Å². The predicted octanol–water partition coefficient (Wildman–Crippen LogP) is 0.873. The summed E-state index contributed by atoms with van der Waals surface area (Å²) in [5.74, 6) is 0. The SMILES string of the molecule is CCN(CC)CCCNS(=O)(=O)N(C)CCCNC(C)C. The van der Waals surface area contributed by atoms with E-state index in [4.69, 9.17) is 0 Å². The van der Waals surface area contributed by atoms with Crippen LogP contribution in [0.3, 0.4) is 0 Å². The summed E-state index contributed by atoms with van der Waals surface area (Å²) < 4.78 is 28.1. The van der Waals surface area contributed by atoms with E-state index < -0.39 is 10.2 Å². The fourth-order valence-corrected chi connectivity index (χ4v) is 2.96. The van der Waals surface area contributed by atoms with E-state index in [0.29, 0.717) is 19.1 Å². The first kappa shape index (κ1) is 20.8. The van der Waals surface area contributed by atoms with E-state index in [1.54, 1.807) is 7.05 Å². The quantitative estimate of drug-likeness (QED) is 0.494. The van der Waals surface area contributed by atoms with Gasteiger partial charge in [-0.05, 0) is 39.0 Å². The highest BCUT2D eigenvalue weighted by molar-refractivity contribution is 7.87. The summed E-state index contributed by atoms with van der Waals surface area (Å²) in [6.45, 7) is 13.2. The van der Waals surface area contributed by atoms with E-state index in [1.165, 1.54) is 4.31 Å². The van der Waals surface area contributed by atoms with Crippen LogP contribution in [0.4, 0.5) is 0 Å². The summed E-state index contributed by atoms with van der Waals surface area (Å²) in [5.41, 5.74) is 0. The molecule has 6 nitrogen and oxygen atoms in total. The number of nitrogens with one attached hydrogen (secondary N) is 2. The zero-order chi connectivity index (χ0) is 16.3. The van der Waals surface area contributed by atoms with Gasteiger partial charge in [0.2, 0.25) is 0 Å². The molecule has 0 aliphatic heterocycles. The Morgan fingerprint density at radius 2 is 1.57 bits per heavy atom. The Balaban J connectivity index is 3.90. The molecule has 0 spiro atoms. The van der Waals surface area contributed by atoms with Crippen LogP contribution in [0.5, 0.6) is 0 Å². The first-order chi connectivity index (χ1) is 9.83. The van der Waals surface area contributed by atoms with Crippen molar-refractivity contribution >= 4 is 10.2 Å². The Morgan fingerprint density at radius 3 is 2.10 bits per heavy atom. The minimum atomic E-state index is -3.34. The minimum Gasteiger partial charge on any atom is -0.314 e. The lowest BCUT2D eigenvalue weighted by Gasteiger charge is -2.20. The van der Waals surface area contributed by atoms with E-state index in [0.717, 1.165) is 39.0 Å². The van der Waals surface area contributed by atoms with Gasteiger partial charge >= 0.3 is 0 Å². The molecule has 0 saturated carbocycles. The fourth-order valence-electron chi connectivity index (χ4n) is 1.97. The maximum absolute atomic E-state index is 12.0. The van der Waals surface area contributed by atoms with Gasteiger partial charge in [0, 0.05) is 26.2 Å². The molecule has 0 saturated heterocycles. The summed E-state index contributed by atoms with van der Waals surface area (Å²) in [6, 6.07) is 0.435. The number of hydrogen-bond donors (Lipinski definition) is 2. The van der Waals surface area contributed by atoms with Crippen LogP contribution in [-0.4, -0.2) is 70.0 Å². The van der Waals surface area contributed by atoms with Crippen LogP contribution in [0.1, 0.15) is 40.5 Å². The number of rotatable bonds is 13. The van der Waals surface area contributed by atoms with Crippen LogP contribution >= 0.6 is 0 Å². The van der Waals surface area contributed by atoms with E-state index >= 15 is 0 Å². The van der Waals surface area contributed by atoms with Crippen LogP contribution < -0.4 is 10.0 Å². The van der Waals surface area contributed by atoms with E-state index in [-0.39, 0.29) is 0 Å². The van der Waals surface area contributed by atoms with Crippen molar-refractivity contribution in [1.82, 2.24) is 19.2 Å². The van der Waals surface area contributed by atoms with Crippen LogP contribution in [-0.2, 0) is 10.2 Å². The highest BCUT2D eigenvalue weighted by Crippen LogP contribution is 1.97. The lowest BCUT2D eigenvalue weighted by Crippen LogP contribution is -2.40. The zero-order valence-electron chi connectivity index (χ0n) is 14.4. The van der Waals surface area contributed by atoms with E-state index in [2.05, 4.69) is 42.6 Å². The Kier molecular flexibility index (Phi) is 11.3. The van der Waals surface area contributed by atoms with Gasteiger partial charge in [0.1, 0.15) is 0 Å². The molecule has 0 fully saturated rings. The van der Waals surface area contributed by atoms with Gasteiger partial charge in [-0.25, -0.2) is 4.72 Å². The molecule has 0 atom stereocenters. The molecule has 0 aliphatic rings. The van der Waals surface area contributed by atoms with Crippen LogP contribution in [0.15, 0.2) is 0 Å². The van der Waals surface area contributed by atoms with E-state index in [9.17, 15) is 8.42 Å². The van der Waals surface area contributed by atoms with Crippen LogP contribution in [0.2, 0.25) is 0 Å². The average molecular weight is 323 g/mol. The van der Waals surface area contributed by atoms with E-state index in [1.807, 2.05) is 0 Å². The van der Waals surface area contributed by atoms with Crippen molar-refractivity contribution in [3.8, 4) is 0 Å². The third-order valence-corrected chi connectivity index (χ3v) is 5.01. The average Bonchev–Trinajstić information content (AvgIpc) is 2.43. The number of nitrogens with zero attached hydrogens (tertiary/aromatic N) is 2. The topological polar surface area (TPSA) is 64.7 Å². The summed E-state index contributed by atoms with van der Waals surface area (Å²) in [7, 11) is -1.71. The molecule has 0 aromatic rings. The largest absolute Gasteiger partial charge is 0.314 e. The molecule has 0 aliphatic carbocycles. The fraction of sp³-hybridized carbons (Fsp3) is 1.00. The Morgan fingerprint density at radius 1 is 1.00 bits per heavy atom. The Bertz CT molecular complexity index is 343. The maximum Gasteiger partial charge on any atom is 0.279 e. The molecule has 21 heavy (non-hydrogen) atoms. The van der Waals surface area contributed by atoms with Crippen molar-refractivity contribution in [1.29, 1.82) is 0 Å². The first-order valence-corrected chi connectivity index (χ1v) is 9.44. The maximum atomic E-state index is 12.0. The molecule has 128 valence electrons. The van der Waals surface area contributed by atoms with Crippen LogP contribution in [0, 0.1) is 0 Å². The molecule has 2 N–H and O–H groups in total. The third kappa shape index (κ3) is 10.2. The minimum absolute atomic E-state index is 0.435. The highest BCUT2D eigenvalue weighted by atomic mass is 32.2. The zero-order valence-corrected chi connectivity index (χ0v) is 15.2. The molecular formula is C14H34N4O2S. The van der Waals surface area contributed by atoms with Crippen molar-refractivity contribution in [3.05, 3.63) is 0 Å². The van der Waals surface area contributed by atoms with Crippen LogP contribution in [0.25, 0.3) is 0 Å². The molecular weight excluding hydrogens is 288 g/mol.